The molecule has 0 N–H and O–H groups in total. The van der Waals surface area contributed by atoms with Crippen molar-refractivity contribution in [3.63, 3.8) is 0 Å². The SMILES string of the molecule is CN(CC1CC(c2ccccc2)=NO1)C(=O)COc1ccccc1. The fourth-order valence-corrected chi connectivity index (χ4v) is 2.51. The maximum atomic E-state index is 12.2. The lowest BCUT2D eigenvalue weighted by molar-refractivity contribution is -0.133. The molecule has 0 radical (unpaired) electrons. The molecule has 5 nitrogen and oxygen atoms in total. The number of likely N-dealkylation sites (N-methyl/N-ethyl adjacent to an activating group) is 1. The molecule has 2 aromatic rings. The predicted octanol–water partition coefficient (Wildman–Crippen LogP) is 2.72. The van der Waals surface area contributed by atoms with E-state index >= 15 is 0 Å². The number of carbonyl (C=O) groups excluding carboxylic acids is 1. The van der Waals surface area contributed by atoms with Crippen LogP contribution in [0.3, 0.4) is 0 Å². The van der Waals surface area contributed by atoms with Gasteiger partial charge in [0, 0.05) is 13.5 Å². The van der Waals surface area contributed by atoms with E-state index in [0.29, 0.717) is 18.7 Å². The van der Waals surface area contributed by atoms with Crippen LogP contribution in [0.25, 0.3) is 0 Å². The highest BCUT2D eigenvalue weighted by Gasteiger charge is 2.25. The van der Waals surface area contributed by atoms with Gasteiger partial charge in [-0.1, -0.05) is 53.7 Å². The van der Waals surface area contributed by atoms with Crippen LogP contribution < -0.4 is 4.74 Å². The monoisotopic (exact) mass is 324 g/mol. The lowest BCUT2D eigenvalue weighted by Crippen LogP contribution is -2.37. The Balaban J connectivity index is 1.46. The van der Waals surface area contributed by atoms with Gasteiger partial charge in [0.2, 0.25) is 0 Å². The molecule has 5 heteroatoms. The third-order valence-corrected chi connectivity index (χ3v) is 3.85. The summed E-state index contributed by atoms with van der Waals surface area (Å²) < 4.78 is 5.48. The number of carbonyl (C=O) groups is 1. The van der Waals surface area contributed by atoms with Crippen LogP contribution in [0.1, 0.15) is 12.0 Å². The fourth-order valence-electron chi connectivity index (χ4n) is 2.51. The summed E-state index contributed by atoms with van der Waals surface area (Å²) in [6.45, 7) is 0.496. The normalized spacial score (nSPS) is 16.2. The summed E-state index contributed by atoms with van der Waals surface area (Å²) in [5.41, 5.74) is 1.98. The fraction of sp³-hybridized carbons (Fsp3) is 0.263. The van der Waals surface area contributed by atoms with Gasteiger partial charge < -0.3 is 14.5 Å². The number of para-hydroxylation sites is 1. The van der Waals surface area contributed by atoms with Gasteiger partial charge >= 0.3 is 0 Å². The van der Waals surface area contributed by atoms with Gasteiger partial charge in [-0.25, -0.2) is 0 Å². The second-order valence-corrected chi connectivity index (χ2v) is 5.71. The molecule has 0 bridgehead atoms. The molecular weight excluding hydrogens is 304 g/mol. The third kappa shape index (κ3) is 4.13. The van der Waals surface area contributed by atoms with Crippen molar-refractivity contribution < 1.29 is 14.4 Å². The minimum atomic E-state index is -0.120. The Morgan fingerprint density at radius 2 is 1.83 bits per heavy atom. The number of hydrogen-bond acceptors (Lipinski definition) is 4. The number of nitrogens with zero attached hydrogens (tertiary/aromatic N) is 2. The smallest absolute Gasteiger partial charge is 0.260 e. The molecule has 2 aromatic carbocycles. The number of hydrogen-bond donors (Lipinski definition) is 0. The zero-order valence-corrected chi connectivity index (χ0v) is 13.6. The summed E-state index contributed by atoms with van der Waals surface area (Å²) in [6.07, 6.45) is 0.576. The standard InChI is InChI=1S/C19H20N2O3/c1-21(19(22)14-23-16-10-6-3-7-11-16)13-17-12-18(20-24-17)15-8-4-2-5-9-15/h2-11,17H,12-14H2,1H3. The first-order valence-electron chi connectivity index (χ1n) is 7.92. The Hall–Kier alpha value is -2.82. The molecule has 0 aliphatic carbocycles. The highest BCUT2D eigenvalue weighted by atomic mass is 16.6. The van der Waals surface area contributed by atoms with Crippen LogP contribution in [0.2, 0.25) is 0 Å². The van der Waals surface area contributed by atoms with Crippen LogP contribution in [-0.4, -0.2) is 42.8 Å². The molecule has 1 unspecified atom stereocenters. The Morgan fingerprint density at radius 3 is 2.54 bits per heavy atom. The molecule has 1 aliphatic rings. The number of rotatable bonds is 6. The van der Waals surface area contributed by atoms with Crippen LogP contribution in [0.4, 0.5) is 0 Å². The zero-order valence-electron chi connectivity index (χ0n) is 13.6. The van der Waals surface area contributed by atoms with E-state index in [-0.39, 0.29) is 18.6 Å². The molecule has 1 heterocycles. The molecular formula is C19H20N2O3. The largest absolute Gasteiger partial charge is 0.484 e. The van der Waals surface area contributed by atoms with E-state index in [1.54, 1.807) is 11.9 Å². The number of oxime groups is 1. The number of benzene rings is 2. The van der Waals surface area contributed by atoms with Crippen LogP contribution in [-0.2, 0) is 9.63 Å². The van der Waals surface area contributed by atoms with Gasteiger partial charge in [-0.15, -0.1) is 0 Å². The van der Waals surface area contributed by atoms with Gasteiger partial charge in [0.05, 0.1) is 12.3 Å². The van der Waals surface area contributed by atoms with Crippen molar-refractivity contribution in [3.8, 4) is 5.75 Å². The van der Waals surface area contributed by atoms with Crippen molar-refractivity contribution in [2.75, 3.05) is 20.2 Å². The molecule has 124 valence electrons. The van der Waals surface area contributed by atoms with Crippen molar-refractivity contribution in [2.24, 2.45) is 5.16 Å². The van der Waals surface area contributed by atoms with E-state index < -0.39 is 0 Å². The second-order valence-electron chi connectivity index (χ2n) is 5.71. The molecule has 0 fully saturated rings. The Labute approximate surface area is 141 Å². The first kappa shape index (κ1) is 16.1. The van der Waals surface area contributed by atoms with Crippen molar-refractivity contribution in [2.45, 2.75) is 12.5 Å². The Bertz CT molecular complexity index is 701. The minimum absolute atomic E-state index is 0.0135. The summed E-state index contributed by atoms with van der Waals surface area (Å²) in [4.78, 5) is 19.2. The Morgan fingerprint density at radius 1 is 1.17 bits per heavy atom. The van der Waals surface area contributed by atoms with E-state index in [1.807, 2.05) is 60.7 Å². The van der Waals surface area contributed by atoms with Gasteiger partial charge in [0.1, 0.15) is 5.75 Å². The van der Waals surface area contributed by atoms with Crippen LogP contribution in [0.5, 0.6) is 5.75 Å². The molecule has 3 rings (SSSR count). The number of amides is 1. The average molecular weight is 324 g/mol. The van der Waals surface area contributed by atoms with Crippen LogP contribution in [0, 0.1) is 0 Å². The predicted molar refractivity (Wildman–Crippen MR) is 92.0 cm³/mol. The molecule has 1 atom stereocenters. The molecule has 24 heavy (non-hydrogen) atoms. The Kier molecular flexibility index (Phi) is 5.11. The van der Waals surface area contributed by atoms with Crippen molar-refractivity contribution in [1.29, 1.82) is 0 Å². The van der Waals surface area contributed by atoms with Gasteiger partial charge in [0.15, 0.2) is 12.7 Å². The summed E-state index contributed by atoms with van der Waals surface area (Å²) in [7, 11) is 1.75. The third-order valence-electron chi connectivity index (χ3n) is 3.85. The first-order chi connectivity index (χ1) is 11.7. The molecule has 0 aromatic heterocycles. The van der Waals surface area contributed by atoms with Crippen molar-refractivity contribution >= 4 is 11.6 Å². The zero-order chi connectivity index (χ0) is 16.8. The van der Waals surface area contributed by atoms with E-state index in [4.69, 9.17) is 9.57 Å². The molecule has 0 saturated heterocycles. The topological polar surface area (TPSA) is 51.1 Å². The quantitative estimate of drug-likeness (QED) is 0.821. The maximum Gasteiger partial charge on any atom is 0.260 e. The van der Waals surface area contributed by atoms with Gasteiger partial charge in [0.25, 0.3) is 5.91 Å². The van der Waals surface area contributed by atoms with Gasteiger partial charge in [-0.3, -0.25) is 4.79 Å². The van der Waals surface area contributed by atoms with Crippen LogP contribution in [0.15, 0.2) is 65.8 Å². The highest BCUT2D eigenvalue weighted by molar-refractivity contribution is 6.01. The molecule has 1 amide bonds. The lowest BCUT2D eigenvalue weighted by atomic mass is 10.1. The maximum absolute atomic E-state index is 12.2. The summed E-state index contributed by atoms with van der Waals surface area (Å²) >= 11 is 0. The number of ether oxygens (including phenoxy) is 1. The summed E-state index contributed by atoms with van der Waals surface area (Å²) in [5, 5.41) is 4.14. The summed E-state index contributed by atoms with van der Waals surface area (Å²) in [5.74, 6) is 0.599. The van der Waals surface area contributed by atoms with E-state index in [1.165, 1.54) is 0 Å². The van der Waals surface area contributed by atoms with E-state index in [2.05, 4.69) is 5.16 Å². The molecule has 0 spiro atoms. The average Bonchev–Trinajstić information content (AvgIpc) is 3.10. The van der Waals surface area contributed by atoms with Crippen molar-refractivity contribution in [3.05, 3.63) is 66.2 Å². The molecule has 1 aliphatic heterocycles. The van der Waals surface area contributed by atoms with Gasteiger partial charge in [-0.2, -0.15) is 0 Å². The van der Waals surface area contributed by atoms with Crippen LogP contribution >= 0.6 is 0 Å². The van der Waals surface area contributed by atoms with E-state index in [9.17, 15) is 4.79 Å². The van der Waals surface area contributed by atoms with E-state index in [0.717, 1.165) is 11.3 Å². The van der Waals surface area contributed by atoms with Gasteiger partial charge in [-0.05, 0) is 17.7 Å². The van der Waals surface area contributed by atoms with Crippen molar-refractivity contribution in [1.82, 2.24) is 4.90 Å². The highest BCUT2D eigenvalue weighted by Crippen LogP contribution is 2.17. The molecule has 0 saturated carbocycles. The lowest BCUT2D eigenvalue weighted by Gasteiger charge is -2.20. The first-order valence-corrected chi connectivity index (χ1v) is 7.92. The minimum Gasteiger partial charge on any atom is -0.484 e. The summed E-state index contributed by atoms with van der Waals surface area (Å²) in [6, 6.07) is 19.2. The second kappa shape index (κ2) is 7.64.